The van der Waals surface area contributed by atoms with Gasteiger partial charge >= 0.3 is 0 Å². The molecular weight excluding hydrogens is 724 g/mol. The molecule has 0 saturated carbocycles. The van der Waals surface area contributed by atoms with Crippen molar-refractivity contribution in [3.05, 3.63) is 65.0 Å². The number of fused-ring (bicyclic) bond motifs is 1. The SMILES string of the molecule is CS(=O)(=O)N[C@H](CCC1CCNCC1)C(=O)N1C[C@H](OCc2ccc(Cl)cc2)C[C@H]1C(=O)N[C@@H](COCN1CCCC1)C(=O)c1nc2ccccc2o1. The number of carbonyl (C=O) groups is 3. The second-order valence-corrected chi connectivity index (χ2v) is 16.5. The van der Waals surface area contributed by atoms with Crippen molar-refractivity contribution >= 4 is 50.3 Å². The van der Waals surface area contributed by atoms with Crippen LogP contribution in [0.2, 0.25) is 5.02 Å². The number of Topliss-reactive ketones (excluding diaryl/α,β-unsaturated/α-hetero) is 1. The monoisotopic (exact) mass is 772 g/mol. The molecule has 53 heavy (non-hydrogen) atoms. The molecular formula is C37H49ClN6O8S. The lowest BCUT2D eigenvalue weighted by Gasteiger charge is -2.30. The van der Waals surface area contributed by atoms with Gasteiger partial charge in [0.05, 0.1) is 32.3 Å². The van der Waals surface area contributed by atoms with E-state index in [-0.39, 0.29) is 45.2 Å². The third-order valence-electron chi connectivity index (χ3n) is 10.1. The summed E-state index contributed by atoms with van der Waals surface area (Å²) >= 11 is 6.06. The summed E-state index contributed by atoms with van der Waals surface area (Å²) in [5, 5.41) is 6.76. The molecule has 16 heteroatoms. The molecule has 3 aliphatic heterocycles. The van der Waals surface area contributed by atoms with Crippen molar-refractivity contribution < 1.29 is 36.7 Å². The van der Waals surface area contributed by atoms with Crippen LogP contribution < -0.4 is 15.4 Å². The number of hydrogen-bond acceptors (Lipinski definition) is 11. The Balaban J connectivity index is 1.22. The third kappa shape index (κ3) is 11.1. The van der Waals surface area contributed by atoms with E-state index in [0.29, 0.717) is 28.5 Å². The quantitative estimate of drug-likeness (QED) is 0.172. The fraction of sp³-hybridized carbons (Fsp3) is 0.568. The molecule has 14 nitrogen and oxygen atoms in total. The largest absolute Gasteiger partial charge is 0.434 e. The predicted octanol–water partition coefficient (Wildman–Crippen LogP) is 3.10. The first-order chi connectivity index (χ1) is 25.5. The van der Waals surface area contributed by atoms with Crippen molar-refractivity contribution in [3.63, 3.8) is 0 Å². The smallest absolute Gasteiger partial charge is 0.266 e. The van der Waals surface area contributed by atoms with Crippen LogP contribution in [0, 0.1) is 5.92 Å². The number of halogens is 1. The Morgan fingerprint density at radius 2 is 1.79 bits per heavy atom. The molecule has 3 fully saturated rings. The Labute approximate surface area is 315 Å². The molecule has 1 aromatic heterocycles. The third-order valence-corrected chi connectivity index (χ3v) is 11.1. The Morgan fingerprint density at radius 1 is 1.06 bits per heavy atom. The van der Waals surface area contributed by atoms with E-state index in [1.807, 2.05) is 12.1 Å². The molecule has 4 heterocycles. The van der Waals surface area contributed by atoms with Gasteiger partial charge in [-0.1, -0.05) is 35.9 Å². The van der Waals surface area contributed by atoms with Crippen LogP contribution in [0.4, 0.5) is 0 Å². The van der Waals surface area contributed by atoms with Crippen molar-refractivity contribution in [2.45, 2.75) is 75.8 Å². The van der Waals surface area contributed by atoms with E-state index in [9.17, 15) is 22.8 Å². The molecule has 0 aliphatic carbocycles. The molecule has 0 bridgehead atoms. The number of rotatable bonds is 17. The zero-order chi connectivity index (χ0) is 37.4. The summed E-state index contributed by atoms with van der Waals surface area (Å²) in [5.74, 6) is -1.50. The zero-order valence-electron chi connectivity index (χ0n) is 30.0. The minimum absolute atomic E-state index is 0.0506. The van der Waals surface area contributed by atoms with Crippen LogP contribution >= 0.6 is 11.6 Å². The second-order valence-electron chi connectivity index (χ2n) is 14.3. The zero-order valence-corrected chi connectivity index (χ0v) is 31.6. The summed E-state index contributed by atoms with van der Waals surface area (Å²) in [6.45, 7) is 3.91. The van der Waals surface area contributed by atoms with Gasteiger partial charge in [-0.2, -0.15) is 0 Å². The minimum atomic E-state index is -3.78. The highest BCUT2D eigenvalue weighted by Crippen LogP contribution is 2.26. The van der Waals surface area contributed by atoms with Crippen LogP contribution in [0.3, 0.4) is 0 Å². The van der Waals surface area contributed by atoms with Gasteiger partial charge in [-0.25, -0.2) is 18.1 Å². The molecule has 3 aromatic rings. The first-order valence-corrected chi connectivity index (χ1v) is 20.6. The Morgan fingerprint density at radius 3 is 2.51 bits per heavy atom. The van der Waals surface area contributed by atoms with E-state index in [0.717, 1.165) is 63.7 Å². The minimum Gasteiger partial charge on any atom is -0.434 e. The molecule has 288 valence electrons. The predicted molar refractivity (Wildman–Crippen MR) is 199 cm³/mol. The average Bonchev–Trinajstić information content (AvgIpc) is 3.92. The first-order valence-electron chi connectivity index (χ1n) is 18.4. The summed E-state index contributed by atoms with van der Waals surface area (Å²) in [7, 11) is -3.78. The standard InChI is InChI=1S/C37H49ClN6O8S/c1-53(48,49)42-30(13-10-25-14-16-39-17-15-25)37(47)44-21-28(51-22-26-8-11-27(38)12-9-26)20-32(44)35(46)40-31(23-50-24-43-18-4-5-19-43)34(45)36-41-29-6-2-3-7-33(29)52-36/h2-3,6-9,11-12,25,28,30-32,39,42H,4-5,10,13-24H2,1H3,(H,40,46)/t28-,30-,31+,32+/m1/s1. The number of amides is 2. The van der Waals surface area contributed by atoms with E-state index in [4.69, 9.17) is 25.5 Å². The van der Waals surface area contributed by atoms with Gasteiger partial charge in [0.1, 0.15) is 23.6 Å². The fourth-order valence-electron chi connectivity index (χ4n) is 7.26. The number of hydrogen-bond donors (Lipinski definition) is 3. The number of para-hydroxylation sites is 2. The molecule has 3 saturated heterocycles. The van der Waals surface area contributed by atoms with E-state index >= 15 is 0 Å². The lowest BCUT2D eigenvalue weighted by molar-refractivity contribution is -0.140. The number of ketones is 1. The number of oxazole rings is 1. The van der Waals surface area contributed by atoms with Crippen molar-refractivity contribution in [1.82, 2.24) is 30.1 Å². The average molecular weight is 773 g/mol. The Kier molecular flexibility index (Phi) is 13.5. The van der Waals surface area contributed by atoms with Gasteiger partial charge in [0.15, 0.2) is 5.58 Å². The molecule has 0 spiro atoms. The number of ether oxygens (including phenoxy) is 2. The highest BCUT2D eigenvalue weighted by molar-refractivity contribution is 7.88. The van der Waals surface area contributed by atoms with Gasteiger partial charge in [-0.3, -0.25) is 19.3 Å². The fourth-order valence-corrected chi connectivity index (χ4v) is 8.12. The second kappa shape index (κ2) is 18.3. The van der Waals surface area contributed by atoms with Crippen molar-refractivity contribution in [2.24, 2.45) is 5.92 Å². The van der Waals surface area contributed by atoms with Crippen LogP contribution in [-0.2, 0) is 35.7 Å². The Bertz CT molecular complexity index is 1780. The van der Waals surface area contributed by atoms with E-state index in [1.54, 1.807) is 36.4 Å². The molecule has 2 amide bonds. The number of sulfonamides is 1. The molecule has 0 unspecified atom stereocenters. The number of nitrogens with one attached hydrogen (secondary N) is 3. The molecule has 0 radical (unpaired) electrons. The van der Waals surface area contributed by atoms with Crippen LogP contribution in [0.25, 0.3) is 11.1 Å². The van der Waals surface area contributed by atoms with E-state index in [2.05, 4.69) is 25.2 Å². The van der Waals surface area contributed by atoms with Crippen molar-refractivity contribution in [2.75, 3.05) is 52.3 Å². The van der Waals surface area contributed by atoms with Crippen LogP contribution in [-0.4, -0.2) is 117 Å². The number of nitrogens with zero attached hydrogens (tertiary/aromatic N) is 3. The van der Waals surface area contributed by atoms with Gasteiger partial charge in [0.25, 0.3) is 5.89 Å². The molecule has 3 N–H and O–H groups in total. The maximum atomic E-state index is 14.3. The summed E-state index contributed by atoms with van der Waals surface area (Å²) in [6, 6.07) is 10.9. The molecule has 4 atom stereocenters. The topological polar surface area (TPSA) is 172 Å². The highest BCUT2D eigenvalue weighted by Gasteiger charge is 2.44. The first kappa shape index (κ1) is 39.3. The van der Waals surface area contributed by atoms with Crippen molar-refractivity contribution in [1.29, 1.82) is 0 Å². The molecule has 3 aliphatic rings. The van der Waals surface area contributed by atoms with Crippen molar-refractivity contribution in [3.8, 4) is 0 Å². The maximum absolute atomic E-state index is 14.3. The molecule has 6 rings (SSSR count). The maximum Gasteiger partial charge on any atom is 0.266 e. The number of piperidine rings is 1. The van der Waals surface area contributed by atoms with E-state index < -0.39 is 51.9 Å². The number of aromatic nitrogens is 1. The van der Waals surface area contributed by atoms with E-state index in [1.165, 1.54) is 4.90 Å². The molecule has 2 aromatic carbocycles. The lowest BCUT2D eigenvalue weighted by atomic mass is 9.91. The summed E-state index contributed by atoms with van der Waals surface area (Å²) in [4.78, 5) is 50.4. The summed E-state index contributed by atoms with van der Waals surface area (Å²) < 4.78 is 45.5. The van der Waals surface area contributed by atoms with Gasteiger partial charge in [0, 0.05) is 31.1 Å². The lowest BCUT2D eigenvalue weighted by Crippen LogP contribution is -2.56. The van der Waals surface area contributed by atoms with Crippen LogP contribution in [0.15, 0.2) is 52.9 Å². The van der Waals surface area contributed by atoms with Gasteiger partial charge < -0.3 is 29.4 Å². The Hall–Kier alpha value is -3.44. The number of benzene rings is 2. The summed E-state index contributed by atoms with van der Waals surface area (Å²) in [6.07, 6.45) is 5.52. The van der Waals surface area contributed by atoms with Gasteiger partial charge in [-0.05, 0) is 87.4 Å². The number of carbonyl (C=O) groups excluding carboxylic acids is 3. The normalized spacial score (nSPS) is 21.2. The summed E-state index contributed by atoms with van der Waals surface area (Å²) in [5.41, 5.74) is 1.79. The number of likely N-dealkylation sites (tertiary alicyclic amines) is 2. The highest BCUT2D eigenvalue weighted by atomic mass is 35.5. The van der Waals surface area contributed by atoms with Gasteiger partial charge in [-0.15, -0.1) is 0 Å². The van der Waals surface area contributed by atoms with Crippen LogP contribution in [0.1, 0.15) is 61.2 Å². The van der Waals surface area contributed by atoms with Crippen LogP contribution in [0.5, 0.6) is 0 Å². The van der Waals surface area contributed by atoms with Gasteiger partial charge in [0.2, 0.25) is 27.6 Å².